The number of benzene rings is 1. The normalized spacial score (nSPS) is 12.7. The molecule has 1 aromatic heterocycles. The van der Waals surface area contributed by atoms with Crippen molar-refractivity contribution < 1.29 is 5.11 Å². The van der Waals surface area contributed by atoms with E-state index in [4.69, 9.17) is 0 Å². The van der Waals surface area contributed by atoms with Gasteiger partial charge in [0.1, 0.15) is 0 Å². The third-order valence-electron chi connectivity index (χ3n) is 2.73. The summed E-state index contributed by atoms with van der Waals surface area (Å²) in [6.45, 7) is 1.95. The number of hydrogen-bond donors (Lipinski definition) is 1. The van der Waals surface area contributed by atoms with Crippen LogP contribution < -0.4 is 0 Å². The van der Waals surface area contributed by atoms with Crippen LogP contribution in [0, 0.1) is 6.92 Å². The first-order chi connectivity index (χ1) is 8.06. The number of halogens is 1. The van der Waals surface area contributed by atoms with E-state index in [1.807, 2.05) is 49.0 Å². The Morgan fingerprint density at radius 3 is 2.76 bits per heavy atom. The van der Waals surface area contributed by atoms with Crippen LogP contribution in [0.5, 0.6) is 0 Å². The maximum absolute atomic E-state index is 10.2. The molecule has 1 aromatic carbocycles. The first-order valence-electron chi connectivity index (χ1n) is 5.49. The average Bonchev–Trinajstić information content (AvgIpc) is 2.57. The molecule has 2 rings (SSSR count). The molecule has 0 aliphatic carbocycles. The molecule has 2 aromatic rings. The van der Waals surface area contributed by atoms with Crippen molar-refractivity contribution in [3.8, 4) is 0 Å². The van der Waals surface area contributed by atoms with Crippen LogP contribution in [0.3, 0.4) is 0 Å². The molecular formula is C13H15BrN2O. The molecule has 1 heterocycles. The number of aliphatic hydroxyl groups is 1. The van der Waals surface area contributed by atoms with Gasteiger partial charge in [0.15, 0.2) is 0 Å². The summed E-state index contributed by atoms with van der Waals surface area (Å²) in [5.41, 5.74) is 2.93. The Labute approximate surface area is 109 Å². The van der Waals surface area contributed by atoms with Gasteiger partial charge in [0.05, 0.1) is 11.8 Å². The van der Waals surface area contributed by atoms with Crippen molar-refractivity contribution in [2.45, 2.75) is 19.4 Å². The van der Waals surface area contributed by atoms with Gasteiger partial charge >= 0.3 is 0 Å². The van der Waals surface area contributed by atoms with Gasteiger partial charge in [0.25, 0.3) is 0 Å². The van der Waals surface area contributed by atoms with Gasteiger partial charge in [-0.25, -0.2) is 0 Å². The largest absolute Gasteiger partial charge is 0.388 e. The van der Waals surface area contributed by atoms with Gasteiger partial charge in [-0.3, -0.25) is 4.68 Å². The molecule has 4 heteroatoms. The maximum Gasteiger partial charge on any atom is 0.0845 e. The van der Waals surface area contributed by atoms with Crippen LogP contribution in [0.2, 0.25) is 0 Å². The van der Waals surface area contributed by atoms with E-state index in [-0.39, 0.29) is 0 Å². The predicted molar refractivity (Wildman–Crippen MR) is 70.8 cm³/mol. The number of aromatic nitrogens is 2. The Morgan fingerprint density at radius 2 is 2.18 bits per heavy atom. The molecule has 3 nitrogen and oxygen atoms in total. The lowest BCUT2D eigenvalue weighted by Gasteiger charge is -2.11. The van der Waals surface area contributed by atoms with Crippen molar-refractivity contribution in [1.29, 1.82) is 0 Å². The number of nitrogens with zero attached hydrogens (tertiary/aromatic N) is 2. The Hall–Kier alpha value is -1.13. The van der Waals surface area contributed by atoms with Crippen molar-refractivity contribution in [2.75, 3.05) is 0 Å². The van der Waals surface area contributed by atoms with Crippen molar-refractivity contribution in [1.82, 2.24) is 9.78 Å². The highest BCUT2D eigenvalue weighted by Crippen LogP contribution is 2.21. The van der Waals surface area contributed by atoms with E-state index in [1.54, 1.807) is 0 Å². The maximum atomic E-state index is 10.2. The molecule has 0 radical (unpaired) electrons. The van der Waals surface area contributed by atoms with E-state index in [1.165, 1.54) is 0 Å². The minimum Gasteiger partial charge on any atom is -0.388 e. The standard InChI is InChI=1S/C13H15BrN2O/c1-9-6-12(16(2)15-9)8-13(17)10-4-3-5-11(14)7-10/h3-7,13,17H,8H2,1-2H3. The monoisotopic (exact) mass is 294 g/mol. The van der Waals surface area contributed by atoms with Crippen molar-refractivity contribution in [3.05, 3.63) is 51.8 Å². The van der Waals surface area contributed by atoms with Gasteiger partial charge in [-0.05, 0) is 30.7 Å². The van der Waals surface area contributed by atoms with Gasteiger partial charge < -0.3 is 5.11 Å². The van der Waals surface area contributed by atoms with E-state index in [2.05, 4.69) is 21.0 Å². The van der Waals surface area contributed by atoms with Gasteiger partial charge in [-0.15, -0.1) is 0 Å². The first kappa shape index (κ1) is 12.3. The molecule has 0 bridgehead atoms. The van der Waals surface area contributed by atoms with E-state index in [0.717, 1.165) is 21.4 Å². The smallest absolute Gasteiger partial charge is 0.0845 e. The van der Waals surface area contributed by atoms with E-state index >= 15 is 0 Å². The number of hydrogen-bond acceptors (Lipinski definition) is 2. The van der Waals surface area contributed by atoms with Crippen LogP contribution in [0.25, 0.3) is 0 Å². The molecule has 0 aliphatic rings. The lowest BCUT2D eigenvalue weighted by Crippen LogP contribution is -2.06. The summed E-state index contributed by atoms with van der Waals surface area (Å²) in [6, 6.07) is 9.75. The summed E-state index contributed by atoms with van der Waals surface area (Å²) in [4.78, 5) is 0. The lowest BCUT2D eigenvalue weighted by molar-refractivity contribution is 0.175. The van der Waals surface area contributed by atoms with Crippen LogP contribution in [0.1, 0.15) is 23.1 Å². The average molecular weight is 295 g/mol. The van der Waals surface area contributed by atoms with Crippen molar-refractivity contribution in [3.63, 3.8) is 0 Å². The number of rotatable bonds is 3. The third-order valence-corrected chi connectivity index (χ3v) is 3.23. The zero-order valence-electron chi connectivity index (χ0n) is 9.89. The second-order valence-electron chi connectivity index (χ2n) is 4.18. The number of aryl methyl sites for hydroxylation is 2. The summed E-state index contributed by atoms with van der Waals surface area (Å²) in [5, 5.41) is 14.4. The predicted octanol–water partition coefficient (Wildman–Crippen LogP) is 2.77. The molecule has 0 spiro atoms. The molecule has 0 aliphatic heterocycles. The minimum absolute atomic E-state index is 0.498. The Kier molecular flexibility index (Phi) is 3.64. The molecule has 1 unspecified atom stereocenters. The first-order valence-corrected chi connectivity index (χ1v) is 6.28. The van der Waals surface area contributed by atoms with E-state index < -0.39 is 6.10 Å². The highest BCUT2D eigenvalue weighted by atomic mass is 79.9. The Morgan fingerprint density at radius 1 is 1.41 bits per heavy atom. The molecule has 0 saturated carbocycles. The highest BCUT2D eigenvalue weighted by Gasteiger charge is 2.12. The van der Waals surface area contributed by atoms with Crippen molar-refractivity contribution in [2.24, 2.45) is 7.05 Å². The molecular weight excluding hydrogens is 280 g/mol. The minimum atomic E-state index is -0.498. The van der Waals surface area contributed by atoms with Crippen LogP contribution in [-0.4, -0.2) is 14.9 Å². The molecule has 1 atom stereocenters. The van der Waals surface area contributed by atoms with Crippen LogP contribution in [-0.2, 0) is 13.5 Å². The fourth-order valence-corrected chi connectivity index (χ4v) is 2.30. The molecule has 17 heavy (non-hydrogen) atoms. The van der Waals surface area contributed by atoms with Crippen LogP contribution in [0.4, 0.5) is 0 Å². The Balaban J connectivity index is 2.16. The van der Waals surface area contributed by atoms with E-state index in [9.17, 15) is 5.11 Å². The van der Waals surface area contributed by atoms with Gasteiger partial charge in [-0.1, -0.05) is 28.1 Å². The SMILES string of the molecule is Cc1cc(CC(O)c2cccc(Br)c2)n(C)n1. The molecule has 1 N–H and O–H groups in total. The van der Waals surface area contributed by atoms with Gasteiger partial charge in [0.2, 0.25) is 0 Å². The third kappa shape index (κ3) is 2.96. The molecule has 0 amide bonds. The topological polar surface area (TPSA) is 38.0 Å². The summed E-state index contributed by atoms with van der Waals surface area (Å²) >= 11 is 3.41. The quantitative estimate of drug-likeness (QED) is 0.945. The number of aliphatic hydroxyl groups excluding tert-OH is 1. The van der Waals surface area contributed by atoms with E-state index in [0.29, 0.717) is 6.42 Å². The molecule has 90 valence electrons. The fraction of sp³-hybridized carbons (Fsp3) is 0.308. The summed E-state index contributed by atoms with van der Waals surface area (Å²) in [5.74, 6) is 0. The second-order valence-corrected chi connectivity index (χ2v) is 5.09. The van der Waals surface area contributed by atoms with Crippen molar-refractivity contribution >= 4 is 15.9 Å². The summed E-state index contributed by atoms with van der Waals surface area (Å²) in [6.07, 6.45) is 0.0793. The Bertz CT molecular complexity index is 522. The second kappa shape index (κ2) is 5.02. The van der Waals surface area contributed by atoms with Crippen LogP contribution >= 0.6 is 15.9 Å². The zero-order valence-corrected chi connectivity index (χ0v) is 11.5. The molecule has 0 saturated heterocycles. The summed E-state index contributed by atoms with van der Waals surface area (Å²) in [7, 11) is 1.90. The highest BCUT2D eigenvalue weighted by molar-refractivity contribution is 9.10. The lowest BCUT2D eigenvalue weighted by atomic mass is 10.1. The van der Waals surface area contributed by atoms with Crippen LogP contribution in [0.15, 0.2) is 34.8 Å². The fourth-order valence-electron chi connectivity index (χ4n) is 1.89. The zero-order chi connectivity index (χ0) is 12.4. The molecule has 0 fully saturated rings. The summed E-state index contributed by atoms with van der Waals surface area (Å²) < 4.78 is 2.80. The van der Waals surface area contributed by atoms with Gasteiger partial charge in [-0.2, -0.15) is 5.10 Å². The van der Waals surface area contributed by atoms with Gasteiger partial charge in [0, 0.05) is 23.6 Å².